The molecule has 0 fully saturated rings. The van der Waals surface area contributed by atoms with Crippen LogP contribution in [-0.2, 0) is 19.1 Å². The molecule has 130 valence electrons. The Morgan fingerprint density at radius 1 is 1.17 bits per heavy atom. The van der Waals surface area contributed by atoms with E-state index < -0.39 is 17.4 Å². The topological polar surface area (TPSA) is 52.6 Å². The molecule has 0 N–H and O–H groups in total. The van der Waals surface area contributed by atoms with E-state index in [9.17, 15) is 9.59 Å². The summed E-state index contributed by atoms with van der Waals surface area (Å²) < 4.78 is 10.3. The van der Waals surface area contributed by atoms with Gasteiger partial charge >= 0.3 is 11.9 Å². The highest BCUT2D eigenvalue weighted by Crippen LogP contribution is 2.47. The van der Waals surface area contributed by atoms with Crippen LogP contribution in [0.25, 0.3) is 5.57 Å². The van der Waals surface area contributed by atoms with Crippen molar-refractivity contribution < 1.29 is 19.1 Å². The third-order valence-corrected chi connectivity index (χ3v) is 5.09. The van der Waals surface area contributed by atoms with Gasteiger partial charge in [0.15, 0.2) is 5.41 Å². The van der Waals surface area contributed by atoms with Crippen molar-refractivity contribution in [2.75, 3.05) is 18.5 Å². The maximum atomic E-state index is 12.6. The van der Waals surface area contributed by atoms with Crippen molar-refractivity contribution in [3.63, 3.8) is 0 Å². The molecule has 0 radical (unpaired) electrons. The molecule has 0 aromatic heterocycles. The van der Waals surface area contributed by atoms with Crippen molar-refractivity contribution in [3.8, 4) is 0 Å². The molecule has 24 heavy (non-hydrogen) atoms. The minimum Gasteiger partial charge on any atom is -0.465 e. The highest BCUT2D eigenvalue weighted by atomic mass is 79.9. The van der Waals surface area contributed by atoms with Gasteiger partial charge in [-0.2, -0.15) is 0 Å². The summed E-state index contributed by atoms with van der Waals surface area (Å²) in [7, 11) is 0. The number of allylic oxidation sites excluding steroid dienone is 1. The fraction of sp³-hybridized carbons (Fsp3) is 0.444. The Morgan fingerprint density at radius 2 is 1.71 bits per heavy atom. The van der Waals surface area contributed by atoms with E-state index in [0.717, 1.165) is 11.1 Å². The van der Waals surface area contributed by atoms with Gasteiger partial charge in [-0.25, -0.2) is 0 Å². The average Bonchev–Trinajstić information content (AvgIpc) is 2.97. The normalized spacial score (nSPS) is 18.8. The van der Waals surface area contributed by atoms with Crippen molar-refractivity contribution in [2.45, 2.75) is 20.3 Å². The second-order valence-electron chi connectivity index (χ2n) is 5.57. The lowest BCUT2D eigenvalue weighted by atomic mass is 9.85. The summed E-state index contributed by atoms with van der Waals surface area (Å²) in [4.78, 5) is 25.1. The number of alkyl halides is 1. The zero-order valence-electron chi connectivity index (χ0n) is 13.7. The maximum Gasteiger partial charge on any atom is 0.327 e. The highest BCUT2D eigenvalue weighted by Gasteiger charge is 2.53. The molecule has 1 aliphatic carbocycles. The zero-order chi connectivity index (χ0) is 17.7. The van der Waals surface area contributed by atoms with E-state index in [1.54, 1.807) is 32.1 Å². The molecule has 1 atom stereocenters. The predicted octanol–water partition coefficient (Wildman–Crippen LogP) is 4.25. The van der Waals surface area contributed by atoms with Crippen LogP contribution in [0.3, 0.4) is 0 Å². The van der Waals surface area contributed by atoms with E-state index in [1.165, 1.54) is 0 Å². The Bertz CT molecular complexity index is 621. The lowest BCUT2D eigenvalue weighted by molar-refractivity contribution is -0.168. The van der Waals surface area contributed by atoms with Crippen LogP contribution in [0.2, 0.25) is 5.02 Å². The Labute approximate surface area is 155 Å². The SMILES string of the molecule is CCOC(=O)C1(C(=O)OCC)C=C(c2ccc(Cl)cc2)[C@H](CBr)C1. The molecule has 0 saturated heterocycles. The first-order chi connectivity index (χ1) is 11.5. The monoisotopic (exact) mass is 414 g/mol. The van der Waals surface area contributed by atoms with Crippen LogP contribution in [0.15, 0.2) is 30.3 Å². The molecule has 0 spiro atoms. The molecule has 0 saturated carbocycles. The third kappa shape index (κ3) is 3.67. The van der Waals surface area contributed by atoms with Crippen molar-refractivity contribution in [2.24, 2.45) is 11.3 Å². The molecule has 1 aliphatic rings. The predicted molar refractivity (Wildman–Crippen MR) is 97.0 cm³/mol. The van der Waals surface area contributed by atoms with Gasteiger partial charge in [-0.15, -0.1) is 0 Å². The Hall–Kier alpha value is -1.33. The lowest BCUT2D eigenvalue weighted by Crippen LogP contribution is -2.39. The number of benzene rings is 1. The fourth-order valence-corrected chi connectivity index (χ4v) is 3.63. The van der Waals surface area contributed by atoms with Crippen LogP contribution < -0.4 is 0 Å². The fourth-order valence-electron chi connectivity index (χ4n) is 2.93. The average molecular weight is 416 g/mol. The Morgan fingerprint density at radius 3 is 2.17 bits per heavy atom. The van der Waals surface area contributed by atoms with E-state index in [1.807, 2.05) is 12.1 Å². The first kappa shape index (κ1) is 19.0. The van der Waals surface area contributed by atoms with Gasteiger partial charge in [-0.1, -0.05) is 45.7 Å². The number of hydrogen-bond acceptors (Lipinski definition) is 4. The summed E-state index contributed by atoms with van der Waals surface area (Å²) in [5.74, 6) is -1.11. The van der Waals surface area contributed by atoms with Gasteiger partial charge < -0.3 is 9.47 Å². The summed E-state index contributed by atoms with van der Waals surface area (Å²) in [5.41, 5.74) is 0.461. The standard InChI is InChI=1S/C18H20BrClO4/c1-3-23-16(21)18(17(22)24-4-2)9-13(11-19)15(10-18)12-5-7-14(20)8-6-12/h5-8,10,13H,3-4,9,11H2,1-2H3/t13-/m0/s1. The first-order valence-electron chi connectivity index (χ1n) is 7.87. The van der Waals surface area contributed by atoms with Gasteiger partial charge in [0.1, 0.15) is 0 Å². The van der Waals surface area contributed by atoms with Crippen LogP contribution in [0.4, 0.5) is 0 Å². The molecule has 0 bridgehead atoms. The smallest absolute Gasteiger partial charge is 0.327 e. The Kier molecular flexibility index (Phi) is 6.47. The lowest BCUT2D eigenvalue weighted by Gasteiger charge is -2.23. The van der Waals surface area contributed by atoms with Crippen molar-refractivity contribution >= 4 is 45.0 Å². The number of halogens is 2. The summed E-state index contributed by atoms with van der Waals surface area (Å²) in [6, 6.07) is 7.35. The number of esters is 2. The van der Waals surface area contributed by atoms with E-state index in [-0.39, 0.29) is 19.1 Å². The molecular formula is C18H20BrClO4. The van der Waals surface area contributed by atoms with Gasteiger partial charge in [0.2, 0.25) is 0 Å². The second kappa shape index (κ2) is 8.17. The quantitative estimate of drug-likeness (QED) is 0.396. The number of ether oxygens (including phenoxy) is 2. The number of rotatable bonds is 6. The van der Waals surface area contributed by atoms with Crippen molar-refractivity contribution in [3.05, 3.63) is 40.9 Å². The van der Waals surface area contributed by atoms with Crippen molar-refractivity contribution in [1.29, 1.82) is 0 Å². The van der Waals surface area contributed by atoms with Gasteiger partial charge in [-0.05, 0) is 49.5 Å². The van der Waals surface area contributed by atoms with Crippen LogP contribution in [0.5, 0.6) is 0 Å². The van der Waals surface area contributed by atoms with Gasteiger partial charge in [0, 0.05) is 10.4 Å². The molecule has 6 heteroatoms. The molecule has 1 aromatic rings. The molecule has 0 heterocycles. The Balaban J connectivity index is 2.49. The third-order valence-electron chi connectivity index (χ3n) is 4.05. The number of carbonyl (C=O) groups is 2. The summed E-state index contributed by atoms with van der Waals surface area (Å²) in [5, 5.41) is 1.26. The molecule has 0 amide bonds. The van der Waals surface area contributed by atoms with E-state index >= 15 is 0 Å². The number of hydrogen-bond donors (Lipinski definition) is 0. The van der Waals surface area contributed by atoms with E-state index in [4.69, 9.17) is 21.1 Å². The highest BCUT2D eigenvalue weighted by molar-refractivity contribution is 9.09. The summed E-state index contributed by atoms with van der Waals surface area (Å²) in [6.07, 6.45) is 2.03. The minimum atomic E-state index is -1.39. The van der Waals surface area contributed by atoms with Crippen molar-refractivity contribution in [1.82, 2.24) is 0 Å². The van der Waals surface area contributed by atoms with Gasteiger partial charge in [0.25, 0.3) is 0 Å². The molecule has 2 rings (SSSR count). The summed E-state index contributed by atoms with van der Waals surface area (Å²) in [6.45, 7) is 3.86. The molecule has 4 nitrogen and oxygen atoms in total. The molecule has 1 aromatic carbocycles. The first-order valence-corrected chi connectivity index (χ1v) is 9.37. The number of carbonyl (C=O) groups excluding carboxylic acids is 2. The largest absolute Gasteiger partial charge is 0.465 e. The maximum absolute atomic E-state index is 12.6. The zero-order valence-corrected chi connectivity index (χ0v) is 16.0. The molecular weight excluding hydrogens is 396 g/mol. The van der Waals surface area contributed by atoms with E-state index in [2.05, 4.69) is 15.9 Å². The van der Waals surface area contributed by atoms with Crippen LogP contribution in [0, 0.1) is 11.3 Å². The van der Waals surface area contributed by atoms with Crippen LogP contribution in [0.1, 0.15) is 25.8 Å². The van der Waals surface area contributed by atoms with Gasteiger partial charge in [0.05, 0.1) is 13.2 Å². The van der Waals surface area contributed by atoms with Gasteiger partial charge in [-0.3, -0.25) is 9.59 Å². The molecule has 0 unspecified atom stereocenters. The molecule has 0 aliphatic heterocycles. The van der Waals surface area contributed by atoms with E-state index in [0.29, 0.717) is 16.8 Å². The minimum absolute atomic E-state index is 0.0000113. The second-order valence-corrected chi connectivity index (χ2v) is 6.66. The van der Waals surface area contributed by atoms with Crippen LogP contribution in [-0.4, -0.2) is 30.5 Å². The van der Waals surface area contributed by atoms with Crippen LogP contribution >= 0.6 is 27.5 Å². The summed E-state index contributed by atoms with van der Waals surface area (Å²) >= 11 is 9.44.